The predicted octanol–water partition coefficient (Wildman–Crippen LogP) is 18.3. The third-order valence-electron chi connectivity index (χ3n) is 18.8. The summed E-state index contributed by atoms with van der Waals surface area (Å²) in [6.07, 6.45) is 4.16. The fourth-order valence-electron chi connectivity index (χ4n) is 14.8. The maximum absolute atomic E-state index is 7.90. The standard InChI is InChI=1S/C74H64BN3OS/c1-70(2,3)42-20-25-46(26-21-42)77-59-35-44(72(7,8)9)24-30-58(59)75-66-60(77)36-45(73(10,11)12)37-61(66)78(47-27-22-43(23-28-47)71(4,5)6)67-53-38-52-48-31-33-76-40-57(48)74(56(52)39-62(53)79-69(67)75)54-18-14-17-51-64(54)65-55(74)29-19-41-15-13-16-49(63(41)65)50-32-34-80-68(50)51/h13-40H,1-12H3. The number of hydrogen-bond donors (Lipinski definition) is 0. The molecule has 1 atom stereocenters. The van der Waals surface area contributed by atoms with Crippen molar-refractivity contribution in [3.8, 4) is 43.8 Å². The van der Waals surface area contributed by atoms with E-state index in [-0.39, 0.29) is 28.4 Å². The molecule has 0 saturated heterocycles. The van der Waals surface area contributed by atoms with E-state index in [0.29, 0.717) is 0 Å². The molecule has 5 heterocycles. The van der Waals surface area contributed by atoms with Crippen LogP contribution in [0.5, 0.6) is 0 Å². The van der Waals surface area contributed by atoms with Crippen molar-refractivity contribution in [3.63, 3.8) is 0 Å². The van der Waals surface area contributed by atoms with Crippen molar-refractivity contribution in [1.29, 1.82) is 0 Å². The minimum absolute atomic E-state index is 0.0153. The molecule has 0 saturated carbocycles. The van der Waals surface area contributed by atoms with Crippen LogP contribution in [0.15, 0.2) is 174 Å². The lowest BCUT2D eigenvalue weighted by molar-refractivity contribution is 0.589. The van der Waals surface area contributed by atoms with Gasteiger partial charge in [-0.3, -0.25) is 4.98 Å². The van der Waals surface area contributed by atoms with Gasteiger partial charge in [-0.2, -0.15) is 0 Å². The van der Waals surface area contributed by atoms with Gasteiger partial charge < -0.3 is 14.2 Å². The monoisotopic (exact) mass is 1050 g/mol. The Labute approximate surface area is 474 Å². The first-order valence-corrected chi connectivity index (χ1v) is 29.6. The van der Waals surface area contributed by atoms with Crippen molar-refractivity contribution in [2.45, 2.75) is 110 Å². The van der Waals surface area contributed by atoms with Gasteiger partial charge in [0.25, 0.3) is 6.71 Å². The number of anilines is 6. The average Bonchev–Trinajstić information content (AvgIpc) is 4.39. The Morgan fingerprint density at radius 2 is 1.11 bits per heavy atom. The molecule has 16 rings (SSSR count). The second-order valence-corrected chi connectivity index (χ2v) is 28.5. The lowest BCUT2D eigenvalue weighted by Gasteiger charge is -2.44. The molecule has 0 amide bonds. The van der Waals surface area contributed by atoms with Gasteiger partial charge in [0.05, 0.1) is 16.8 Å². The summed E-state index contributed by atoms with van der Waals surface area (Å²) in [5.41, 5.74) is 29.8. The quantitative estimate of drug-likeness (QED) is 0.162. The van der Waals surface area contributed by atoms with Crippen LogP contribution in [0.2, 0.25) is 0 Å². The Kier molecular flexibility index (Phi) is 9.43. The van der Waals surface area contributed by atoms with Gasteiger partial charge in [-0.05, 0) is 188 Å². The predicted molar refractivity (Wildman–Crippen MR) is 339 cm³/mol. The zero-order valence-electron chi connectivity index (χ0n) is 47.9. The van der Waals surface area contributed by atoms with E-state index in [2.05, 4.69) is 256 Å². The molecule has 80 heavy (non-hydrogen) atoms. The zero-order valence-corrected chi connectivity index (χ0v) is 48.7. The number of hydrogen-bond acceptors (Lipinski definition) is 5. The molecule has 4 nitrogen and oxygen atoms in total. The van der Waals surface area contributed by atoms with Crippen LogP contribution in [0.1, 0.15) is 128 Å². The second-order valence-electron chi connectivity index (χ2n) is 27.6. The molecule has 1 unspecified atom stereocenters. The fourth-order valence-corrected chi connectivity index (χ4v) is 15.7. The first-order valence-electron chi connectivity index (χ1n) is 28.7. The number of nitrogens with zero attached hydrogens (tertiary/aromatic N) is 3. The summed E-state index contributed by atoms with van der Waals surface area (Å²) in [5.74, 6) is 0. The topological polar surface area (TPSA) is 32.5 Å². The summed E-state index contributed by atoms with van der Waals surface area (Å²) >= 11 is 1.85. The fraction of sp³-hybridized carbons (Fsp3) is 0.230. The Hall–Kier alpha value is -7.93. The first kappa shape index (κ1) is 48.0. The SMILES string of the molecule is CC(C)(C)c1ccc(N2c3cc(C(C)(C)C)ccc3B3c4oc5cc6c(cc5c4N(c4ccc(C(C)(C)C)cc4)c4cc(C(C)(C)C)cc2c43)-c2ccncc2C62c3cccc4c3-c3c2ccc2cccc(c32)-c2ccsc2-4)cc1. The van der Waals surface area contributed by atoms with Crippen molar-refractivity contribution in [2.24, 2.45) is 0 Å². The number of pyridine rings is 1. The number of rotatable bonds is 2. The molecule has 1 spiro atoms. The maximum Gasteiger partial charge on any atom is 0.297 e. The highest BCUT2D eigenvalue weighted by Crippen LogP contribution is 2.68. The van der Waals surface area contributed by atoms with Crippen LogP contribution >= 0.6 is 11.3 Å². The Morgan fingerprint density at radius 3 is 1.81 bits per heavy atom. The normalized spacial score (nSPS) is 16.2. The Morgan fingerprint density at radius 1 is 0.487 bits per heavy atom. The van der Waals surface area contributed by atoms with Crippen molar-refractivity contribution < 1.29 is 4.42 Å². The van der Waals surface area contributed by atoms with Crippen LogP contribution in [0.3, 0.4) is 0 Å². The third kappa shape index (κ3) is 6.26. The highest BCUT2D eigenvalue weighted by molar-refractivity contribution is 7.14. The highest BCUT2D eigenvalue weighted by atomic mass is 32.1. The Bertz CT molecular complexity index is 4530. The lowest BCUT2D eigenvalue weighted by atomic mass is 9.35. The molecule has 8 aromatic carbocycles. The van der Waals surface area contributed by atoms with E-state index >= 15 is 0 Å². The van der Waals surface area contributed by atoms with Crippen LogP contribution in [0.25, 0.3) is 65.6 Å². The molecular weight excluding hydrogens is 990 g/mol. The van der Waals surface area contributed by atoms with Crippen LogP contribution in [-0.4, -0.2) is 11.7 Å². The van der Waals surface area contributed by atoms with Gasteiger partial charge in [0.1, 0.15) is 5.58 Å². The van der Waals surface area contributed by atoms with Crippen LogP contribution in [0, 0.1) is 0 Å². The molecule has 0 radical (unpaired) electrons. The molecule has 0 fully saturated rings. The molecule has 2 aliphatic heterocycles. The first-order chi connectivity index (χ1) is 38.2. The van der Waals surface area contributed by atoms with Gasteiger partial charge in [0.15, 0.2) is 0 Å². The number of fused-ring (bicyclic) bond motifs is 16. The Balaban J connectivity index is 1.02. The van der Waals surface area contributed by atoms with Crippen molar-refractivity contribution in [1.82, 2.24) is 4.98 Å². The van der Waals surface area contributed by atoms with Gasteiger partial charge in [0.2, 0.25) is 0 Å². The molecule has 11 aromatic rings. The van der Waals surface area contributed by atoms with E-state index in [1.54, 1.807) is 0 Å². The van der Waals surface area contributed by atoms with E-state index in [1.807, 2.05) is 17.5 Å². The summed E-state index contributed by atoms with van der Waals surface area (Å²) in [6, 6.07) is 59.4. The third-order valence-corrected chi connectivity index (χ3v) is 19.8. The van der Waals surface area contributed by atoms with E-state index < -0.39 is 5.41 Å². The van der Waals surface area contributed by atoms with Gasteiger partial charge in [-0.1, -0.05) is 168 Å². The smallest absolute Gasteiger partial charge is 0.297 e. The van der Waals surface area contributed by atoms with Gasteiger partial charge in [0, 0.05) is 62.2 Å². The van der Waals surface area contributed by atoms with E-state index in [1.165, 1.54) is 127 Å². The van der Waals surface area contributed by atoms with Gasteiger partial charge in [-0.15, -0.1) is 11.3 Å². The van der Waals surface area contributed by atoms with Crippen LogP contribution < -0.4 is 26.4 Å². The summed E-state index contributed by atoms with van der Waals surface area (Å²) in [6.45, 7) is 27.7. The molecule has 3 aliphatic carbocycles. The maximum atomic E-state index is 7.90. The number of furan rings is 1. The van der Waals surface area contributed by atoms with Crippen LogP contribution in [0.4, 0.5) is 34.1 Å². The molecule has 3 aromatic heterocycles. The molecule has 0 bridgehead atoms. The van der Waals surface area contributed by atoms with Gasteiger partial charge in [-0.25, -0.2) is 0 Å². The number of aromatic nitrogens is 1. The summed E-state index contributed by atoms with van der Waals surface area (Å²) in [4.78, 5) is 11.5. The van der Waals surface area contributed by atoms with Crippen molar-refractivity contribution in [3.05, 3.63) is 214 Å². The highest BCUT2D eigenvalue weighted by Gasteiger charge is 2.55. The molecule has 0 N–H and O–H groups in total. The van der Waals surface area contributed by atoms with Crippen LogP contribution in [-0.2, 0) is 27.1 Å². The summed E-state index contributed by atoms with van der Waals surface area (Å²) < 4.78 is 7.90. The number of benzene rings is 8. The molecular formula is C74H64BN3OS. The molecule has 390 valence electrons. The van der Waals surface area contributed by atoms with E-state index in [9.17, 15) is 0 Å². The van der Waals surface area contributed by atoms with E-state index in [4.69, 9.17) is 9.40 Å². The summed E-state index contributed by atoms with van der Waals surface area (Å²) in [5, 5.41) is 5.98. The minimum Gasteiger partial charge on any atom is -0.468 e. The zero-order chi connectivity index (χ0) is 54.9. The lowest BCUT2D eigenvalue weighted by Crippen LogP contribution is -2.61. The largest absolute Gasteiger partial charge is 0.468 e. The second kappa shape index (κ2) is 15.7. The summed E-state index contributed by atoms with van der Waals surface area (Å²) in [7, 11) is 0. The van der Waals surface area contributed by atoms with Crippen molar-refractivity contribution in [2.75, 3.05) is 9.80 Å². The van der Waals surface area contributed by atoms with Crippen molar-refractivity contribution >= 4 is 90.5 Å². The molecule has 5 aliphatic rings. The van der Waals surface area contributed by atoms with Gasteiger partial charge >= 0.3 is 0 Å². The molecule has 6 heteroatoms. The average molecular weight is 1050 g/mol. The minimum atomic E-state index is -0.638. The van der Waals surface area contributed by atoms with E-state index in [0.717, 1.165) is 33.7 Å². The number of thiophene rings is 1.